The summed E-state index contributed by atoms with van der Waals surface area (Å²) in [5.41, 5.74) is 1.29. The van der Waals surface area contributed by atoms with Crippen LogP contribution in [0.3, 0.4) is 0 Å². The number of aryl methyl sites for hydroxylation is 1. The lowest BCUT2D eigenvalue weighted by Crippen LogP contribution is -2.24. The van der Waals surface area contributed by atoms with Gasteiger partial charge in [-0.05, 0) is 26.0 Å². The molecule has 0 saturated heterocycles. The van der Waals surface area contributed by atoms with Crippen LogP contribution in [0.4, 0.5) is 0 Å². The second-order valence-corrected chi connectivity index (χ2v) is 3.52. The highest BCUT2D eigenvalue weighted by Gasteiger charge is 2.13. The van der Waals surface area contributed by atoms with Gasteiger partial charge in [-0.1, -0.05) is 0 Å². The predicted octanol–water partition coefficient (Wildman–Crippen LogP) is 1.49. The van der Waals surface area contributed by atoms with Crippen LogP contribution < -0.4 is 10.1 Å². The van der Waals surface area contributed by atoms with Crippen LogP contribution in [-0.2, 0) is 0 Å². The van der Waals surface area contributed by atoms with Crippen molar-refractivity contribution < 1.29 is 9.66 Å². The van der Waals surface area contributed by atoms with Crippen molar-refractivity contribution in [3.8, 4) is 5.75 Å². The van der Waals surface area contributed by atoms with Crippen LogP contribution in [0, 0.1) is 17.0 Å². The van der Waals surface area contributed by atoms with Crippen LogP contribution >= 0.6 is 0 Å². The van der Waals surface area contributed by atoms with Crippen molar-refractivity contribution in [2.75, 3.05) is 7.05 Å². The predicted molar refractivity (Wildman–Crippen MR) is 63.2 cm³/mol. The lowest BCUT2D eigenvalue weighted by Gasteiger charge is -2.15. The standard InChI is InChI=1S/C11H15N3O3/c1-8-4-5-10(6-13-8)17-9(2)11(12-3)7-14(15)16/h4-7,9,12H,1-3H3/b11-7-. The largest absolute Gasteiger partial charge is 0.483 e. The molecular formula is C11H15N3O3. The zero-order valence-corrected chi connectivity index (χ0v) is 10.0. The summed E-state index contributed by atoms with van der Waals surface area (Å²) in [4.78, 5) is 14.0. The number of hydrogen-bond donors (Lipinski definition) is 1. The van der Waals surface area contributed by atoms with Crippen LogP contribution in [0.2, 0.25) is 0 Å². The van der Waals surface area contributed by atoms with E-state index in [4.69, 9.17) is 4.74 Å². The number of nitro groups is 1. The molecular weight excluding hydrogens is 222 g/mol. The molecule has 0 spiro atoms. The fraction of sp³-hybridized carbons (Fsp3) is 0.364. The first-order chi connectivity index (χ1) is 8.02. The molecule has 1 rings (SSSR count). The van der Waals surface area contributed by atoms with E-state index in [9.17, 15) is 10.1 Å². The number of ether oxygens (including phenoxy) is 1. The third kappa shape index (κ3) is 4.10. The molecule has 0 fully saturated rings. The molecule has 1 aromatic rings. The normalized spacial score (nSPS) is 13.0. The molecule has 6 heteroatoms. The van der Waals surface area contributed by atoms with Crippen LogP contribution in [0.25, 0.3) is 0 Å². The van der Waals surface area contributed by atoms with Gasteiger partial charge < -0.3 is 10.1 Å². The third-order valence-corrected chi connectivity index (χ3v) is 2.17. The summed E-state index contributed by atoms with van der Waals surface area (Å²) in [7, 11) is 1.61. The summed E-state index contributed by atoms with van der Waals surface area (Å²) in [6.45, 7) is 3.60. The van der Waals surface area contributed by atoms with Crippen molar-refractivity contribution >= 4 is 0 Å². The van der Waals surface area contributed by atoms with E-state index in [0.717, 1.165) is 11.9 Å². The van der Waals surface area contributed by atoms with E-state index in [-0.39, 0.29) is 0 Å². The SMILES string of the molecule is CN/C(=C\[N+](=O)[O-])C(C)Oc1ccc(C)nc1. The minimum atomic E-state index is -0.515. The maximum absolute atomic E-state index is 10.4. The van der Waals surface area contributed by atoms with E-state index < -0.39 is 11.0 Å². The Morgan fingerprint density at radius 2 is 2.35 bits per heavy atom. The summed E-state index contributed by atoms with van der Waals surface area (Å²) < 4.78 is 5.53. The van der Waals surface area contributed by atoms with Gasteiger partial charge in [-0.2, -0.15) is 0 Å². The smallest absolute Gasteiger partial charge is 0.257 e. The van der Waals surface area contributed by atoms with E-state index in [1.807, 2.05) is 13.0 Å². The molecule has 0 saturated carbocycles. The topological polar surface area (TPSA) is 77.3 Å². The molecule has 1 N–H and O–H groups in total. The summed E-state index contributed by atoms with van der Waals surface area (Å²) in [6, 6.07) is 3.59. The fourth-order valence-corrected chi connectivity index (χ4v) is 1.28. The number of nitrogens with one attached hydrogen (secondary N) is 1. The quantitative estimate of drug-likeness (QED) is 0.620. The van der Waals surface area contributed by atoms with E-state index >= 15 is 0 Å². The van der Waals surface area contributed by atoms with Gasteiger partial charge in [0.2, 0.25) is 0 Å². The van der Waals surface area contributed by atoms with Crippen molar-refractivity contribution in [2.24, 2.45) is 0 Å². The minimum absolute atomic E-state index is 0.399. The van der Waals surface area contributed by atoms with Crippen molar-refractivity contribution in [1.82, 2.24) is 10.3 Å². The molecule has 0 bridgehead atoms. The van der Waals surface area contributed by atoms with Crippen molar-refractivity contribution in [3.05, 3.63) is 46.0 Å². The first kappa shape index (κ1) is 13.0. The van der Waals surface area contributed by atoms with Gasteiger partial charge in [0, 0.05) is 12.7 Å². The zero-order chi connectivity index (χ0) is 12.8. The van der Waals surface area contributed by atoms with Gasteiger partial charge in [0.05, 0.1) is 11.1 Å². The molecule has 0 aliphatic carbocycles. The Morgan fingerprint density at radius 3 is 2.82 bits per heavy atom. The number of hydrogen-bond acceptors (Lipinski definition) is 5. The summed E-state index contributed by atoms with van der Waals surface area (Å²) >= 11 is 0. The van der Waals surface area contributed by atoms with Gasteiger partial charge in [-0.25, -0.2) is 0 Å². The fourth-order valence-electron chi connectivity index (χ4n) is 1.28. The molecule has 17 heavy (non-hydrogen) atoms. The Labute approximate surface area is 99.5 Å². The molecule has 1 atom stereocenters. The van der Waals surface area contributed by atoms with Gasteiger partial charge >= 0.3 is 0 Å². The lowest BCUT2D eigenvalue weighted by molar-refractivity contribution is -0.404. The molecule has 0 aliphatic heterocycles. The van der Waals surface area contributed by atoms with Crippen LogP contribution in [0.15, 0.2) is 30.2 Å². The molecule has 0 aromatic carbocycles. The van der Waals surface area contributed by atoms with Gasteiger partial charge in [0.25, 0.3) is 6.20 Å². The van der Waals surface area contributed by atoms with Gasteiger partial charge in [0.1, 0.15) is 17.6 Å². The summed E-state index contributed by atoms with van der Waals surface area (Å²) in [6.07, 6.45) is 2.05. The Kier molecular flexibility index (Phi) is 4.45. The van der Waals surface area contributed by atoms with Gasteiger partial charge in [-0.3, -0.25) is 15.1 Å². The highest BCUT2D eigenvalue weighted by molar-refractivity contribution is 5.20. The Morgan fingerprint density at radius 1 is 1.65 bits per heavy atom. The number of likely N-dealkylation sites (N-methyl/N-ethyl adjacent to an activating group) is 1. The molecule has 0 amide bonds. The summed E-state index contributed by atoms with van der Waals surface area (Å²) in [5, 5.41) is 13.1. The molecule has 92 valence electrons. The number of aromatic nitrogens is 1. The monoisotopic (exact) mass is 237 g/mol. The Bertz CT molecular complexity index is 414. The number of pyridine rings is 1. The van der Waals surface area contributed by atoms with Crippen molar-refractivity contribution in [3.63, 3.8) is 0 Å². The lowest BCUT2D eigenvalue weighted by atomic mass is 10.3. The number of nitrogens with zero attached hydrogens (tertiary/aromatic N) is 2. The van der Waals surface area contributed by atoms with Gasteiger partial charge in [0.15, 0.2) is 0 Å². The summed E-state index contributed by atoms with van der Waals surface area (Å²) in [5.74, 6) is 0.576. The molecule has 0 radical (unpaired) electrons. The van der Waals surface area contributed by atoms with Crippen molar-refractivity contribution in [1.29, 1.82) is 0 Å². The highest BCUT2D eigenvalue weighted by Crippen LogP contribution is 2.13. The van der Waals surface area contributed by atoms with Crippen molar-refractivity contribution in [2.45, 2.75) is 20.0 Å². The van der Waals surface area contributed by atoms with E-state index in [0.29, 0.717) is 11.4 Å². The average molecular weight is 237 g/mol. The van der Waals surface area contributed by atoms with E-state index in [1.54, 1.807) is 26.2 Å². The molecule has 1 aromatic heterocycles. The second kappa shape index (κ2) is 5.83. The first-order valence-corrected chi connectivity index (χ1v) is 5.15. The Hall–Kier alpha value is -2.11. The maximum atomic E-state index is 10.4. The van der Waals surface area contributed by atoms with Crippen LogP contribution in [0.5, 0.6) is 5.75 Å². The van der Waals surface area contributed by atoms with Crippen LogP contribution in [0.1, 0.15) is 12.6 Å². The first-order valence-electron chi connectivity index (χ1n) is 5.15. The number of rotatable bonds is 5. The second-order valence-electron chi connectivity index (χ2n) is 3.52. The van der Waals surface area contributed by atoms with E-state index in [1.165, 1.54) is 0 Å². The molecule has 6 nitrogen and oxygen atoms in total. The van der Waals surface area contributed by atoms with E-state index in [2.05, 4.69) is 10.3 Å². The zero-order valence-electron chi connectivity index (χ0n) is 10.0. The molecule has 1 heterocycles. The minimum Gasteiger partial charge on any atom is -0.483 e. The average Bonchev–Trinajstić information content (AvgIpc) is 2.28. The van der Waals surface area contributed by atoms with Gasteiger partial charge in [-0.15, -0.1) is 0 Å². The molecule has 0 aliphatic rings. The highest BCUT2D eigenvalue weighted by atomic mass is 16.6. The molecule has 1 unspecified atom stereocenters. The third-order valence-electron chi connectivity index (χ3n) is 2.17. The van der Waals surface area contributed by atoms with Crippen LogP contribution in [-0.4, -0.2) is 23.1 Å². The maximum Gasteiger partial charge on any atom is 0.257 e. The Balaban J connectivity index is 2.73.